The Kier molecular flexibility index (Phi) is 4.64. The highest BCUT2D eigenvalue weighted by atomic mass is 35.5. The van der Waals surface area contributed by atoms with Crippen LogP contribution in [-0.4, -0.2) is 22.7 Å². The van der Waals surface area contributed by atoms with Crippen LogP contribution in [0.4, 0.5) is 5.69 Å². The van der Waals surface area contributed by atoms with Crippen molar-refractivity contribution in [3.8, 4) is 5.69 Å². The Hall–Kier alpha value is -2.59. The van der Waals surface area contributed by atoms with Crippen molar-refractivity contribution in [1.82, 2.24) is 9.78 Å². The molecule has 1 amide bonds. The fourth-order valence-corrected chi connectivity index (χ4v) is 3.06. The van der Waals surface area contributed by atoms with Crippen molar-refractivity contribution in [1.29, 1.82) is 0 Å². The number of anilines is 1. The molecule has 0 fully saturated rings. The number of amides is 1. The second-order valence-corrected chi connectivity index (χ2v) is 6.55. The molecule has 128 valence electrons. The van der Waals surface area contributed by atoms with E-state index in [-0.39, 0.29) is 5.91 Å². The quantitative estimate of drug-likeness (QED) is 0.682. The van der Waals surface area contributed by atoms with Crippen molar-refractivity contribution in [2.75, 3.05) is 11.9 Å². The summed E-state index contributed by atoms with van der Waals surface area (Å²) in [6, 6.07) is 13.4. The molecule has 0 bridgehead atoms. The highest BCUT2D eigenvalue weighted by Gasteiger charge is 2.21. The maximum Gasteiger partial charge on any atom is 0.261 e. The molecule has 3 aromatic rings. The van der Waals surface area contributed by atoms with E-state index in [4.69, 9.17) is 11.6 Å². The van der Waals surface area contributed by atoms with E-state index < -0.39 is 0 Å². The number of hydrogen-bond acceptors (Lipinski definition) is 2. The average molecular weight is 354 g/mol. The smallest absolute Gasteiger partial charge is 0.261 e. The van der Waals surface area contributed by atoms with Gasteiger partial charge in [-0.3, -0.25) is 4.79 Å². The lowest BCUT2D eigenvalue weighted by molar-refractivity contribution is 0.0992. The molecule has 2 aromatic carbocycles. The standard InChI is InChI=1S/C20H20ClN3O/c1-13-7-5-10-19(14(13)2)23(4)20(25)18-12-22-24(15(18)3)17-9-6-8-16(21)11-17/h5-12H,1-4H3. The zero-order chi connectivity index (χ0) is 18.1. The Morgan fingerprint density at radius 2 is 1.84 bits per heavy atom. The maximum atomic E-state index is 13.0. The van der Waals surface area contributed by atoms with Gasteiger partial charge >= 0.3 is 0 Å². The minimum absolute atomic E-state index is 0.0838. The van der Waals surface area contributed by atoms with Gasteiger partial charge in [-0.2, -0.15) is 5.10 Å². The van der Waals surface area contributed by atoms with E-state index in [1.54, 1.807) is 22.8 Å². The van der Waals surface area contributed by atoms with Crippen molar-refractivity contribution >= 4 is 23.2 Å². The molecule has 0 aliphatic carbocycles. The summed E-state index contributed by atoms with van der Waals surface area (Å²) in [5, 5.41) is 5.01. The molecule has 0 unspecified atom stereocenters. The zero-order valence-corrected chi connectivity index (χ0v) is 15.5. The van der Waals surface area contributed by atoms with Crippen LogP contribution in [0.15, 0.2) is 48.7 Å². The minimum Gasteiger partial charge on any atom is -0.311 e. The fraction of sp³-hybridized carbons (Fsp3) is 0.200. The lowest BCUT2D eigenvalue weighted by Gasteiger charge is -2.20. The number of carbonyl (C=O) groups is 1. The molecule has 1 aromatic heterocycles. The van der Waals surface area contributed by atoms with Crippen LogP contribution in [0.3, 0.4) is 0 Å². The number of aryl methyl sites for hydroxylation is 1. The average Bonchev–Trinajstić information content (AvgIpc) is 2.97. The molecule has 0 saturated heterocycles. The van der Waals surface area contributed by atoms with Gasteiger partial charge in [-0.1, -0.05) is 29.8 Å². The maximum absolute atomic E-state index is 13.0. The van der Waals surface area contributed by atoms with Crippen molar-refractivity contribution in [2.45, 2.75) is 20.8 Å². The molecule has 0 atom stereocenters. The van der Waals surface area contributed by atoms with Gasteiger partial charge in [0.1, 0.15) is 0 Å². The number of benzene rings is 2. The first kappa shape index (κ1) is 17.2. The van der Waals surface area contributed by atoms with Crippen LogP contribution in [0, 0.1) is 20.8 Å². The third-order valence-corrected chi connectivity index (χ3v) is 4.77. The lowest BCUT2D eigenvalue weighted by atomic mass is 10.1. The summed E-state index contributed by atoms with van der Waals surface area (Å²) in [6.45, 7) is 5.95. The van der Waals surface area contributed by atoms with Gasteiger partial charge in [0.25, 0.3) is 5.91 Å². The third kappa shape index (κ3) is 3.17. The number of nitrogens with zero attached hydrogens (tertiary/aromatic N) is 3. The molecule has 0 saturated carbocycles. The van der Waals surface area contributed by atoms with Crippen LogP contribution in [0.25, 0.3) is 5.69 Å². The van der Waals surface area contributed by atoms with Crippen LogP contribution < -0.4 is 4.90 Å². The van der Waals surface area contributed by atoms with Crippen LogP contribution in [-0.2, 0) is 0 Å². The topological polar surface area (TPSA) is 38.1 Å². The van der Waals surface area contributed by atoms with Crippen LogP contribution in [0.1, 0.15) is 27.2 Å². The van der Waals surface area contributed by atoms with Gasteiger partial charge in [0.05, 0.1) is 23.1 Å². The molecule has 5 heteroatoms. The summed E-state index contributed by atoms with van der Waals surface area (Å²) in [5.74, 6) is -0.0838. The Morgan fingerprint density at radius 3 is 2.56 bits per heavy atom. The molecule has 0 N–H and O–H groups in total. The fourth-order valence-electron chi connectivity index (χ4n) is 2.88. The van der Waals surface area contributed by atoms with E-state index in [0.717, 1.165) is 28.2 Å². The zero-order valence-electron chi connectivity index (χ0n) is 14.7. The molecule has 0 spiro atoms. The van der Waals surface area contributed by atoms with E-state index >= 15 is 0 Å². The summed E-state index contributed by atoms with van der Waals surface area (Å²) >= 11 is 6.06. The molecule has 0 aliphatic rings. The van der Waals surface area contributed by atoms with E-state index in [2.05, 4.69) is 5.10 Å². The van der Waals surface area contributed by atoms with Gasteiger partial charge in [-0.05, 0) is 56.2 Å². The molecule has 0 aliphatic heterocycles. The molecule has 1 heterocycles. The monoisotopic (exact) mass is 353 g/mol. The van der Waals surface area contributed by atoms with Crippen molar-refractivity contribution < 1.29 is 4.79 Å². The first-order valence-corrected chi connectivity index (χ1v) is 8.42. The van der Waals surface area contributed by atoms with Gasteiger partial charge < -0.3 is 4.90 Å². The van der Waals surface area contributed by atoms with Gasteiger partial charge in [0, 0.05) is 17.8 Å². The Bertz CT molecular complexity index is 946. The largest absolute Gasteiger partial charge is 0.311 e. The molecular weight excluding hydrogens is 334 g/mol. The number of carbonyl (C=O) groups excluding carboxylic acids is 1. The Morgan fingerprint density at radius 1 is 1.12 bits per heavy atom. The first-order valence-electron chi connectivity index (χ1n) is 8.05. The van der Waals surface area contributed by atoms with Crippen molar-refractivity contribution in [2.24, 2.45) is 0 Å². The number of rotatable bonds is 3. The normalized spacial score (nSPS) is 10.8. The van der Waals surface area contributed by atoms with E-state index in [1.165, 1.54) is 0 Å². The number of hydrogen-bond donors (Lipinski definition) is 0. The van der Waals surface area contributed by atoms with E-state index in [0.29, 0.717) is 10.6 Å². The van der Waals surface area contributed by atoms with Crippen molar-refractivity contribution in [3.63, 3.8) is 0 Å². The molecule has 25 heavy (non-hydrogen) atoms. The summed E-state index contributed by atoms with van der Waals surface area (Å²) in [4.78, 5) is 14.7. The first-order chi connectivity index (χ1) is 11.9. The summed E-state index contributed by atoms with van der Waals surface area (Å²) < 4.78 is 1.73. The summed E-state index contributed by atoms with van der Waals surface area (Å²) in [5.41, 5.74) is 5.34. The van der Waals surface area contributed by atoms with E-state index in [9.17, 15) is 4.79 Å². The van der Waals surface area contributed by atoms with Crippen molar-refractivity contribution in [3.05, 3.63) is 76.1 Å². The number of aromatic nitrogens is 2. The Labute approximate surface area is 152 Å². The summed E-state index contributed by atoms with van der Waals surface area (Å²) in [7, 11) is 1.79. The van der Waals surface area contributed by atoms with E-state index in [1.807, 2.05) is 63.2 Å². The molecule has 4 nitrogen and oxygen atoms in total. The lowest BCUT2D eigenvalue weighted by Crippen LogP contribution is -2.27. The van der Waals surface area contributed by atoms with Gasteiger partial charge in [0.2, 0.25) is 0 Å². The highest BCUT2D eigenvalue weighted by Crippen LogP contribution is 2.25. The number of halogens is 1. The van der Waals surface area contributed by atoms with Crippen LogP contribution in [0.2, 0.25) is 5.02 Å². The SMILES string of the molecule is Cc1cccc(N(C)C(=O)c2cnn(-c3cccc(Cl)c3)c2C)c1C. The van der Waals surface area contributed by atoms with Gasteiger partial charge in [0.15, 0.2) is 0 Å². The molecule has 3 rings (SSSR count). The second kappa shape index (κ2) is 6.73. The third-order valence-electron chi connectivity index (χ3n) is 4.54. The minimum atomic E-state index is -0.0838. The second-order valence-electron chi connectivity index (χ2n) is 6.12. The predicted octanol–water partition coefficient (Wildman–Crippen LogP) is 4.73. The van der Waals surface area contributed by atoms with Gasteiger partial charge in [-0.25, -0.2) is 4.68 Å². The van der Waals surface area contributed by atoms with Gasteiger partial charge in [-0.15, -0.1) is 0 Å². The Balaban J connectivity index is 1.97. The highest BCUT2D eigenvalue weighted by molar-refractivity contribution is 6.30. The van der Waals surface area contributed by atoms with Crippen LogP contribution >= 0.6 is 11.6 Å². The van der Waals surface area contributed by atoms with Crippen LogP contribution in [0.5, 0.6) is 0 Å². The summed E-state index contributed by atoms with van der Waals surface area (Å²) in [6.07, 6.45) is 1.61. The molecular formula is C20H20ClN3O. The predicted molar refractivity (Wildman–Crippen MR) is 102 cm³/mol. The molecule has 0 radical (unpaired) electrons.